The Hall–Kier alpha value is -1.76. The van der Waals surface area contributed by atoms with Crippen LogP contribution in [0.3, 0.4) is 0 Å². The van der Waals surface area contributed by atoms with Crippen molar-refractivity contribution < 1.29 is 27.8 Å². The van der Waals surface area contributed by atoms with E-state index in [1.807, 2.05) is 0 Å². The predicted molar refractivity (Wildman–Crippen MR) is 59.5 cm³/mol. The van der Waals surface area contributed by atoms with Gasteiger partial charge in [-0.3, -0.25) is 4.79 Å². The SMILES string of the molecule is COc1cccc([C@@H]2C[C@](O)(C(F)(F)F)NC2=O)c1. The first-order valence-corrected chi connectivity index (χ1v) is 5.52. The van der Waals surface area contributed by atoms with E-state index < -0.39 is 30.1 Å². The molecule has 1 amide bonds. The maximum Gasteiger partial charge on any atom is 0.436 e. The first kappa shape index (κ1) is 13.7. The fraction of sp³-hybridized carbons (Fsp3) is 0.417. The van der Waals surface area contributed by atoms with Crippen LogP contribution in [0.2, 0.25) is 0 Å². The number of hydrogen-bond acceptors (Lipinski definition) is 3. The van der Waals surface area contributed by atoms with Crippen LogP contribution in [0.4, 0.5) is 13.2 Å². The number of methoxy groups -OCH3 is 1. The van der Waals surface area contributed by atoms with Gasteiger partial charge in [-0.1, -0.05) is 12.1 Å². The summed E-state index contributed by atoms with van der Waals surface area (Å²) in [5.41, 5.74) is -2.80. The number of amides is 1. The van der Waals surface area contributed by atoms with E-state index in [0.717, 1.165) is 0 Å². The average Bonchev–Trinajstić information content (AvgIpc) is 2.66. The average molecular weight is 275 g/mol. The van der Waals surface area contributed by atoms with Crippen molar-refractivity contribution in [3.63, 3.8) is 0 Å². The van der Waals surface area contributed by atoms with E-state index in [-0.39, 0.29) is 0 Å². The smallest absolute Gasteiger partial charge is 0.436 e. The molecule has 0 unspecified atom stereocenters. The molecule has 0 radical (unpaired) electrons. The molecule has 0 spiro atoms. The number of nitrogens with one attached hydrogen (secondary N) is 1. The summed E-state index contributed by atoms with van der Waals surface area (Å²) in [6, 6.07) is 6.19. The van der Waals surface area contributed by atoms with Crippen molar-refractivity contribution in [2.75, 3.05) is 7.11 Å². The van der Waals surface area contributed by atoms with Gasteiger partial charge in [0.15, 0.2) is 0 Å². The Morgan fingerprint density at radius 3 is 2.68 bits per heavy atom. The van der Waals surface area contributed by atoms with Gasteiger partial charge in [-0.05, 0) is 17.7 Å². The minimum Gasteiger partial charge on any atom is -0.497 e. The van der Waals surface area contributed by atoms with Crippen molar-refractivity contribution in [1.29, 1.82) is 0 Å². The minimum absolute atomic E-state index is 0.372. The quantitative estimate of drug-likeness (QED) is 0.861. The van der Waals surface area contributed by atoms with Gasteiger partial charge in [0, 0.05) is 6.42 Å². The number of alkyl halides is 3. The molecule has 4 nitrogen and oxygen atoms in total. The van der Waals surface area contributed by atoms with E-state index in [1.54, 1.807) is 17.4 Å². The van der Waals surface area contributed by atoms with Crippen molar-refractivity contribution in [2.24, 2.45) is 0 Å². The van der Waals surface area contributed by atoms with Gasteiger partial charge < -0.3 is 15.2 Å². The highest BCUT2D eigenvalue weighted by molar-refractivity contribution is 5.87. The highest BCUT2D eigenvalue weighted by Crippen LogP contribution is 2.41. The molecule has 1 aromatic carbocycles. The molecule has 1 aliphatic rings. The molecular weight excluding hydrogens is 263 g/mol. The highest BCUT2D eigenvalue weighted by atomic mass is 19.4. The minimum atomic E-state index is -4.91. The van der Waals surface area contributed by atoms with Crippen molar-refractivity contribution in [1.82, 2.24) is 5.32 Å². The molecule has 1 fully saturated rings. The molecule has 1 aliphatic heterocycles. The number of hydrogen-bond donors (Lipinski definition) is 2. The third-order valence-electron chi connectivity index (χ3n) is 3.11. The molecule has 1 saturated heterocycles. The van der Waals surface area contributed by atoms with Gasteiger partial charge in [0.2, 0.25) is 11.6 Å². The first-order chi connectivity index (χ1) is 8.77. The maximum atomic E-state index is 12.7. The second-order valence-corrected chi connectivity index (χ2v) is 4.38. The number of halogens is 3. The van der Waals surface area contributed by atoms with E-state index in [4.69, 9.17) is 4.74 Å². The van der Waals surface area contributed by atoms with E-state index >= 15 is 0 Å². The lowest BCUT2D eigenvalue weighted by molar-refractivity contribution is -0.266. The van der Waals surface area contributed by atoms with E-state index in [9.17, 15) is 23.1 Å². The number of carbonyl (C=O) groups excluding carboxylic acids is 1. The van der Waals surface area contributed by atoms with Gasteiger partial charge in [0.05, 0.1) is 13.0 Å². The number of rotatable bonds is 2. The largest absolute Gasteiger partial charge is 0.497 e. The summed E-state index contributed by atoms with van der Waals surface area (Å²) in [5, 5.41) is 11.1. The van der Waals surface area contributed by atoms with E-state index in [2.05, 4.69) is 0 Å². The van der Waals surface area contributed by atoms with Crippen molar-refractivity contribution in [2.45, 2.75) is 24.2 Å². The number of carbonyl (C=O) groups is 1. The molecule has 1 aromatic rings. The van der Waals surface area contributed by atoms with Gasteiger partial charge in [0.1, 0.15) is 5.75 Å². The van der Waals surface area contributed by atoms with Gasteiger partial charge >= 0.3 is 6.18 Å². The van der Waals surface area contributed by atoms with Crippen molar-refractivity contribution in [3.8, 4) is 5.75 Å². The van der Waals surface area contributed by atoms with Crippen LogP contribution in [0, 0.1) is 0 Å². The lowest BCUT2D eigenvalue weighted by atomic mass is 9.94. The topological polar surface area (TPSA) is 58.6 Å². The lowest BCUT2D eigenvalue weighted by Gasteiger charge is -2.25. The summed E-state index contributed by atoms with van der Waals surface area (Å²) < 4.78 is 42.9. The fourth-order valence-electron chi connectivity index (χ4n) is 2.04. The Morgan fingerprint density at radius 1 is 1.47 bits per heavy atom. The monoisotopic (exact) mass is 275 g/mol. The van der Waals surface area contributed by atoms with Crippen LogP contribution in [-0.2, 0) is 4.79 Å². The summed E-state index contributed by atoms with van der Waals surface area (Å²) in [6.07, 6.45) is -5.65. The molecule has 2 atom stereocenters. The summed E-state index contributed by atoms with van der Waals surface area (Å²) in [5.74, 6) is -1.47. The third-order valence-corrected chi connectivity index (χ3v) is 3.11. The molecule has 7 heteroatoms. The standard InChI is InChI=1S/C12H12F3NO3/c1-19-8-4-2-3-7(5-8)9-6-11(18,12(13,14)15)16-10(9)17/h2-5,9,18H,6H2,1H3,(H,16,17)/t9-,11-/m0/s1. The van der Waals surface area contributed by atoms with Crippen molar-refractivity contribution in [3.05, 3.63) is 29.8 Å². The Morgan fingerprint density at radius 2 is 2.16 bits per heavy atom. The van der Waals surface area contributed by atoms with Gasteiger partial charge in [0.25, 0.3) is 0 Å². The molecule has 2 rings (SSSR count). The zero-order valence-corrected chi connectivity index (χ0v) is 9.99. The number of aliphatic hydroxyl groups is 1. The molecule has 0 bridgehead atoms. The predicted octanol–water partition coefficient (Wildman–Crippen LogP) is 1.55. The van der Waals surface area contributed by atoms with Crippen LogP contribution in [0.15, 0.2) is 24.3 Å². The molecule has 104 valence electrons. The van der Waals surface area contributed by atoms with Gasteiger partial charge in [-0.25, -0.2) is 0 Å². The molecular formula is C12H12F3NO3. The Labute approximate surface area is 107 Å². The number of benzene rings is 1. The van der Waals surface area contributed by atoms with Gasteiger partial charge in [-0.15, -0.1) is 0 Å². The van der Waals surface area contributed by atoms with Crippen LogP contribution in [-0.4, -0.2) is 30.0 Å². The summed E-state index contributed by atoms with van der Waals surface area (Å²) in [7, 11) is 1.42. The molecule has 0 saturated carbocycles. The normalized spacial score (nSPS) is 27.2. The Kier molecular flexibility index (Phi) is 3.17. The third kappa shape index (κ3) is 2.37. The van der Waals surface area contributed by atoms with E-state index in [1.165, 1.54) is 19.2 Å². The van der Waals surface area contributed by atoms with Gasteiger partial charge in [-0.2, -0.15) is 13.2 Å². The molecule has 19 heavy (non-hydrogen) atoms. The van der Waals surface area contributed by atoms with Crippen molar-refractivity contribution >= 4 is 5.91 Å². The molecule has 1 heterocycles. The van der Waals surface area contributed by atoms with Crippen LogP contribution in [0.5, 0.6) is 5.75 Å². The van der Waals surface area contributed by atoms with Crippen LogP contribution in [0.1, 0.15) is 17.9 Å². The second-order valence-electron chi connectivity index (χ2n) is 4.38. The summed E-state index contributed by atoms with van der Waals surface area (Å²) in [6.45, 7) is 0. The molecule has 2 N–H and O–H groups in total. The number of ether oxygens (including phenoxy) is 1. The van der Waals surface area contributed by atoms with Crippen LogP contribution >= 0.6 is 0 Å². The molecule has 0 aromatic heterocycles. The Balaban J connectivity index is 2.30. The fourth-order valence-corrected chi connectivity index (χ4v) is 2.04. The summed E-state index contributed by atoms with van der Waals surface area (Å²) in [4.78, 5) is 11.6. The summed E-state index contributed by atoms with van der Waals surface area (Å²) >= 11 is 0. The van der Waals surface area contributed by atoms with E-state index in [0.29, 0.717) is 11.3 Å². The molecule has 0 aliphatic carbocycles. The second kappa shape index (κ2) is 4.41. The first-order valence-electron chi connectivity index (χ1n) is 5.52. The zero-order chi connectivity index (χ0) is 14.3. The Bertz CT molecular complexity index is 503. The van der Waals surface area contributed by atoms with Crippen LogP contribution < -0.4 is 10.1 Å². The maximum absolute atomic E-state index is 12.7. The highest BCUT2D eigenvalue weighted by Gasteiger charge is 2.60. The zero-order valence-electron chi connectivity index (χ0n) is 9.99. The lowest BCUT2D eigenvalue weighted by Crippen LogP contribution is -2.53. The van der Waals surface area contributed by atoms with Crippen LogP contribution in [0.25, 0.3) is 0 Å².